The monoisotopic (exact) mass is 375 g/mol. The minimum atomic E-state index is -4.57. The van der Waals surface area contributed by atoms with Crippen LogP contribution in [0.1, 0.15) is 31.2 Å². The van der Waals surface area contributed by atoms with E-state index in [2.05, 4.69) is 0 Å². The van der Waals surface area contributed by atoms with Gasteiger partial charge in [0.25, 0.3) is 0 Å². The highest BCUT2D eigenvalue weighted by molar-refractivity contribution is 5.79. The molecule has 1 aromatic rings. The van der Waals surface area contributed by atoms with Crippen LogP contribution in [0.5, 0.6) is 0 Å². The van der Waals surface area contributed by atoms with Gasteiger partial charge < -0.3 is 5.32 Å². The summed E-state index contributed by atoms with van der Waals surface area (Å²) in [6.45, 7) is 0. The zero-order valence-corrected chi connectivity index (χ0v) is 12.6. The van der Waals surface area contributed by atoms with Gasteiger partial charge in [-0.25, -0.2) is 22.0 Å². The Morgan fingerprint density at radius 3 is 1.88 bits per heavy atom. The molecular formula is C15H13F8NO. The van der Waals surface area contributed by atoms with Crippen molar-refractivity contribution in [3.05, 3.63) is 34.6 Å². The molecule has 10 heteroatoms. The van der Waals surface area contributed by atoms with E-state index in [1.807, 2.05) is 5.32 Å². The molecule has 140 valence electrons. The highest BCUT2D eigenvalue weighted by Crippen LogP contribution is 2.37. The number of hydrogen-bond donors (Lipinski definition) is 1. The van der Waals surface area contributed by atoms with Crippen LogP contribution < -0.4 is 5.32 Å². The van der Waals surface area contributed by atoms with Crippen LogP contribution in [-0.4, -0.2) is 18.1 Å². The molecule has 1 aromatic carbocycles. The molecule has 0 saturated heterocycles. The lowest BCUT2D eigenvalue weighted by Crippen LogP contribution is -2.48. The van der Waals surface area contributed by atoms with Crippen molar-refractivity contribution in [1.29, 1.82) is 0 Å². The van der Waals surface area contributed by atoms with Gasteiger partial charge in [-0.2, -0.15) is 13.2 Å². The molecule has 0 radical (unpaired) electrons. The van der Waals surface area contributed by atoms with E-state index in [-0.39, 0.29) is 12.8 Å². The summed E-state index contributed by atoms with van der Waals surface area (Å²) in [6.07, 6.45) is -5.30. The van der Waals surface area contributed by atoms with Gasteiger partial charge in [-0.05, 0) is 12.8 Å². The van der Waals surface area contributed by atoms with Gasteiger partial charge in [-0.15, -0.1) is 0 Å². The summed E-state index contributed by atoms with van der Waals surface area (Å²) in [4.78, 5) is 11.8. The second-order valence-electron chi connectivity index (χ2n) is 5.83. The number of benzene rings is 1. The van der Waals surface area contributed by atoms with Crippen LogP contribution in [-0.2, 0) is 11.2 Å². The van der Waals surface area contributed by atoms with Crippen molar-refractivity contribution in [2.45, 2.75) is 44.3 Å². The van der Waals surface area contributed by atoms with Gasteiger partial charge in [0, 0.05) is 11.6 Å². The smallest absolute Gasteiger partial charge is 0.352 e. The lowest BCUT2D eigenvalue weighted by molar-refractivity contribution is -0.189. The summed E-state index contributed by atoms with van der Waals surface area (Å²) < 4.78 is 105. The molecule has 0 heterocycles. The van der Waals surface area contributed by atoms with E-state index in [0.717, 1.165) is 0 Å². The summed E-state index contributed by atoms with van der Waals surface area (Å²) in [5.41, 5.74) is -1.38. The molecule has 2 rings (SSSR count). The molecule has 0 spiro atoms. The largest absolute Gasteiger partial charge is 0.393 e. The predicted molar refractivity (Wildman–Crippen MR) is 69.9 cm³/mol. The maximum atomic E-state index is 13.5. The molecule has 1 N–H and O–H groups in total. The minimum absolute atomic E-state index is 0.00697. The molecule has 1 fully saturated rings. The molecular weight excluding hydrogens is 362 g/mol. The zero-order chi connectivity index (χ0) is 18.9. The van der Waals surface area contributed by atoms with Crippen molar-refractivity contribution in [3.8, 4) is 0 Å². The van der Waals surface area contributed by atoms with Crippen LogP contribution in [0, 0.1) is 35.0 Å². The van der Waals surface area contributed by atoms with E-state index in [1.54, 1.807) is 0 Å². The first-order chi connectivity index (χ1) is 11.5. The molecule has 1 aliphatic carbocycles. The predicted octanol–water partition coefficient (Wildman–Crippen LogP) is 4.16. The van der Waals surface area contributed by atoms with Gasteiger partial charge in [-0.1, -0.05) is 12.8 Å². The number of nitrogens with one attached hydrogen (secondary N) is 1. The number of carbonyl (C=O) groups excluding carboxylic acids is 1. The summed E-state index contributed by atoms with van der Waals surface area (Å²) in [6, 6.07) is -1.30. The first kappa shape index (κ1) is 19.5. The number of alkyl halides is 3. The Morgan fingerprint density at radius 1 is 0.880 bits per heavy atom. The van der Waals surface area contributed by atoms with Crippen molar-refractivity contribution in [2.75, 3.05) is 0 Å². The zero-order valence-electron chi connectivity index (χ0n) is 12.6. The fourth-order valence-corrected chi connectivity index (χ4v) is 2.92. The summed E-state index contributed by atoms with van der Waals surface area (Å²) in [7, 11) is 0. The van der Waals surface area contributed by atoms with E-state index >= 15 is 0 Å². The second kappa shape index (κ2) is 7.17. The fraction of sp³-hybridized carbons (Fsp3) is 0.533. The lowest BCUT2D eigenvalue weighted by atomic mass is 9.84. The van der Waals surface area contributed by atoms with Crippen LogP contribution in [0.15, 0.2) is 0 Å². The van der Waals surface area contributed by atoms with E-state index in [0.29, 0.717) is 12.8 Å². The summed E-state index contributed by atoms with van der Waals surface area (Å²) in [5, 5.41) is 2.00. The number of carbonyl (C=O) groups is 1. The highest BCUT2D eigenvalue weighted by atomic mass is 19.4. The van der Waals surface area contributed by atoms with Crippen LogP contribution in [0.3, 0.4) is 0 Å². The van der Waals surface area contributed by atoms with E-state index < -0.39 is 65.1 Å². The van der Waals surface area contributed by atoms with Gasteiger partial charge >= 0.3 is 6.18 Å². The van der Waals surface area contributed by atoms with Crippen molar-refractivity contribution in [3.63, 3.8) is 0 Å². The third-order valence-corrected chi connectivity index (χ3v) is 4.17. The third kappa shape index (κ3) is 4.04. The summed E-state index contributed by atoms with van der Waals surface area (Å²) >= 11 is 0. The van der Waals surface area contributed by atoms with Gasteiger partial charge in [0.1, 0.15) is 0 Å². The van der Waals surface area contributed by atoms with Crippen molar-refractivity contribution in [2.24, 2.45) is 5.92 Å². The fourth-order valence-electron chi connectivity index (χ4n) is 2.92. The Kier molecular flexibility index (Phi) is 5.58. The average Bonchev–Trinajstić information content (AvgIpc) is 2.54. The Hall–Kier alpha value is -1.87. The number of hydrogen-bond acceptors (Lipinski definition) is 1. The normalized spacial score (nSPS) is 21.3. The average molecular weight is 375 g/mol. The molecule has 0 unspecified atom stereocenters. The van der Waals surface area contributed by atoms with Gasteiger partial charge in [-0.3, -0.25) is 4.79 Å². The molecule has 0 aliphatic heterocycles. The maximum absolute atomic E-state index is 13.5. The first-order valence-electron chi connectivity index (χ1n) is 7.40. The van der Waals surface area contributed by atoms with Crippen molar-refractivity contribution in [1.82, 2.24) is 5.32 Å². The Balaban J connectivity index is 2.18. The quantitative estimate of drug-likeness (QED) is 0.480. The number of amides is 1. The lowest BCUT2D eigenvalue weighted by Gasteiger charge is -2.33. The minimum Gasteiger partial charge on any atom is -0.352 e. The summed E-state index contributed by atoms with van der Waals surface area (Å²) in [5.74, 6) is -14.2. The molecule has 1 amide bonds. The van der Waals surface area contributed by atoms with Gasteiger partial charge in [0.2, 0.25) is 11.7 Å². The molecule has 0 bridgehead atoms. The molecule has 0 aromatic heterocycles. The molecule has 1 aliphatic rings. The first-order valence-corrected chi connectivity index (χ1v) is 7.40. The van der Waals surface area contributed by atoms with E-state index in [9.17, 15) is 39.9 Å². The molecule has 1 saturated carbocycles. The topological polar surface area (TPSA) is 29.1 Å². The molecule has 2 nitrogen and oxygen atoms in total. The Bertz CT molecular complexity index is 643. The van der Waals surface area contributed by atoms with Crippen LogP contribution in [0.25, 0.3) is 0 Å². The van der Waals surface area contributed by atoms with Crippen LogP contribution in [0.2, 0.25) is 0 Å². The van der Waals surface area contributed by atoms with Crippen molar-refractivity contribution < 1.29 is 39.9 Å². The SMILES string of the molecule is O=C(Cc1c(F)c(F)c(F)c(F)c1F)N[C@@H]1CCCC[C@@H]1C(F)(F)F. The van der Waals surface area contributed by atoms with E-state index in [4.69, 9.17) is 0 Å². The van der Waals surface area contributed by atoms with Crippen molar-refractivity contribution >= 4 is 5.91 Å². The van der Waals surface area contributed by atoms with E-state index in [1.165, 1.54) is 0 Å². The third-order valence-electron chi connectivity index (χ3n) is 4.17. The van der Waals surface area contributed by atoms with Gasteiger partial charge in [0.05, 0.1) is 12.3 Å². The molecule has 25 heavy (non-hydrogen) atoms. The van der Waals surface area contributed by atoms with Crippen LogP contribution in [0.4, 0.5) is 35.1 Å². The second-order valence-corrected chi connectivity index (χ2v) is 5.83. The number of halogens is 8. The Morgan fingerprint density at radius 2 is 1.36 bits per heavy atom. The highest BCUT2D eigenvalue weighted by Gasteiger charge is 2.46. The maximum Gasteiger partial charge on any atom is 0.393 e. The van der Waals surface area contributed by atoms with Crippen LogP contribution >= 0.6 is 0 Å². The number of rotatable bonds is 3. The Labute approximate surface area is 137 Å². The molecule has 2 atom stereocenters. The standard InChI is InChI=1S/C15H13F8NO/c16-10-6(11(17)13(19)14(20)12(10)18)5-9(25)24-8-4-2-1-3-7(8)15(21,22)23/h7-8H,1-5H2,(H,24,25)/t7-,8+/m0/s1. The van der Waals surface area contributed by atoms with Gasteiger partial charge in [0.15, 0.2) is 23.3 Å².